The van der Waals surface area contributed by atoms with Crippen LogP contribution in [-0.2, 0) is 9.47 Å². The third-order valence-corrected chi connectivity index (χ3v) is 2.66. The Bertz CT molecular complexity index is 241. The zero-order valence-electron chi connectivity index (χ0n) is 10.1. The second-order valence-electron chi connectivity index (χ2n) is 3.02. The first-order valence-corrected chi connectivity index (χ1v) is 6.26. The van der Waals surface area contributed by atoms with Gasteiger partial charge in [-0.05, 0) is 12.7 Å². The second-order valence-corrected chi connectivity index (χ2v) is 3.80. The molecular weight excluding hydrogens is 226 g/mol. The average Bonchev–Trinajstić information content (AvgIpc) is 2.31. The van der Waals surface area contributed by atoms with Gasteiger partial charge in [0.25, 0.3) is 0 Å². The molecule has 6 heteroatoms. The van der Waals surface area contributed by atoms with Gasteiger partial charge in [-0.1, -0.05) is 11.8 Å². The number of hydrogen-bond acceptors (Lipinski definition) is 5. The Labute approximate surface area is 101 Å². The number of methoxy groups -OCH3 is 2. The monoisotopic (exact) mass is 245 g/mol. The van der Waals surface area contributed by atoms with E-state index in [1.165, 1.54) is 11.8 Å². The number of amidine groups is 1. The highest BCUT2D eigenvalue weighted by Gasteiger charge is 2.09. The number of rotatable bonds is 7. The van der Waals surface area contributed by atoms with Crippen molar-refractivity contribution in [1.29, 1.82) is 5.26 Å². The van der Waals surface area contributed by atoms with E-state index in [4.69, 9.17) is 14.7 Å². The molecule has 0 saturated heterocycles. The van der Waals surface area contributed by atoms with Crippen molar-refractivity contribution in [2.75, 3.05) is 46.8 Å². The third kappa shape index (κ3) is 6.67. The summed E-state index contributed by atoms with van der Waals surface area (Å²) in [7, 11) is 3.34. The highest BCUT2D eigenvalue weighted by atomic mass is 32.2. The van der Waals surface area contributed by atoms with Gasteiger partial charge in [0, 0.05) is 33.9 Å². The second kappa shape index (κ2) is 10.7. The molecule has 0 aliphatic rings. The van der Waals surface area contributed by atoms with Crippen LogP contribution in [0.3, 0.4) is 0 Å². The predicted molar refractivity (Wildman–Crippen MR) is 66.5 cm³/mol. The highest BCUT2D eigenvalue weighted by Crippen LogP contribution is 2.06. The van der Waals surface area contributed by atoms with Crippen molar-refractivity contribution >= 4 is 16.9 Å². The van der Waals surface area contributed by atoms with E-state index in [2.05, 4.69) is 4.99 Å². The van der Waals surface area contributed by atoms with Crippen molar-refractivity contribution in [3.8, 4) is 6.19 Å². The van der Waals surface area contributed by atoms with Crippen LogP contribution in [0.1, 0.15) is 6.42 Å². The maximum Gasteiger partial charge on any atom is 0.208 e. The Kier molecular flexibility index (Phi) is 10.2. The average molecular weight is 245 g/mol. The van der Waals surface area contributed by atoms with Gasteiger partial charge >= 0.3 is 0 Å². The number of nitrogens with zero attached hydrogens (tertiary/aromatic N) is 3. The Morgan fingerprint density at radius 2 is 2.00 bits per heavy atom. The minimum atomic E-state index is 0.623. The van der Waals surface area contributed by atoms with Crippen LogP contribution in [0.4, 0.5) is 0 Å². The summed E-state index contributed by atoms with van der Waals surface area (Å²) in [6.07, 6.45) is 4.64. The molecule has 0 atom stereocenters. The van der Waals surface area contributed by atoms with E-state index in [1.807, 2.05) is 17.3 Å². The molecule has 0 aliphatic carbocycles. The lowest BCUT2D eigenvalue weighted by molar-refractivity contribution is 0.162. The van der Waals surface area contributed by atoms with E-state index in [0.29, 0.717) is 13.2 Å². The van der Waals surface area contributed by atoms with Gasteiger partial charge in [0.2, 0.25) is 6.19 Å². The van der Waals surface area contributed by atoms with E-state index in [9.17, 15) is 0 Å². The summed E-state index contributed by atoms with van der Waals surface area (Å²) < 4.78 is 10.0. The molecule has 0 unspecified atom stereocenters. The lowest BCUT2D eigenvalue weighted by Crippen LogP contribution is -2.33. The lowest BCUT2D eigenvalue weighted by atomic mass is 10.4. The fraction of sp³-hybridized carbons (Fsp3) is 0.800. The Hall–Kier alpha value is -0.770. The molecule has 0 spiro atoms. The summed E-state index contributed by atoms with van der Waals surface area (Å²) in [5.41, 5.74) is 0. The SMILES string of the molecule is COCCCN(CCOC)C(=NC#N)SC. The first-order valence-electron chi connectivity index (χ1n) is 5.03. The third-order valence-electron chi connectivity index (χ3n) is 1.94. The van der Waals surface area contributed by atoms with Crippen LogP contribution in [0, 0.1) is 11.5 Å². The summed E-state index contributed by atoms with van der Waals surface area (Å²) in [5, 5.41) is 9.31. The summed E-state index contributed by atoms with van der Waals surface area (Å²) in [6.45, 7) is 2.88. The summed E-state index contributed by atoms with van der Waals surface area (Å²) in [4.78, 5) is 5.83. The molecule has 0 N–H and O–H groups in total. The Morgan fingerprint density at radius 1 is 1.31 bits per heavy atom. The normalized spacial score (nSPS) is 11.2. The molecule has 0 aromatic rings. The van der Waals surface area contributed by atoms with E-state index in [1.54, 1.807) is 14.2 Å². The number of aliphatic imine (C=N–C) groups is 1. The van der Waals surface area contributed by atoms with Crippen LogP contribution in [0.5, 0.6) is 0 Å². The predicted octanol–water partition coefficient (Wildman–Crippen LogP) is 1.17. The zero-order valence-corrected chi connectivity index (χ0v) is 10.9. The minimum Gasteiger partial charge on any atom is -0.385 e. The van der Waals surface area contributed by atoms with E-state index < -0.39 is 0 Å². The molecule has 0 heterocycles. The topological polar surface area (TPSA) is 57.9 Å². The summed E-state index contributed by atoms with van der Waals surface area (Å²) in [5.74, 6) is 0. The number of ether oxygens (including phenoxy) is 2. The van der Waals surface area contributed by atoms with Crippen LogP contribution < -0.4 is 0 Å². The molecule has 0 aromatic heterocycles. The number of hydrogen-bond donors (Lipinski definition) is 0. The molecule has 0 bridgehead atoms. The smallest absolute Gasteiger partial charge is 0.208 e. The van der Waals surface area contributed by atoms with Crippen LogP contribution >= 0.6 is 11.8 Å². The van der Waals surface area contributed by atoms with Crippen LogP contribution in [0.2, 0.25) is 0 Å². The molecule has 0 aliphatic heterocycles. The van der Waals surface area contributed by atoms with Gasteiger partial charge in [-0.3, -0.25) is 0 Å². The fourth-order valence-corrected chi connectivity index (χ4v) is 1.77. The highest BCUT2D eigenvalue weighted by molar-refractivity contribution is 8.13. The van der Waals surface area contributed by atoms with Gasteiger partial charge in [-0.15, -0.1) is 4.99 Å². The molecule has 0 fully saturated rings. The van der Waals surface area contributed by atoms with Gasteiger partial charge in [0.1, 0.15) is 0 Å². The van der Waals surface area contributed by atoms with Crippen molar-refractivity contribution < 1.29 is 9.47 Å². The van der Waals surface area contributed by atoms with Crippen molar-refractivity contribution in [1.82, 2.24) is 4.90 Å². The zero-order chi connectivity index (χ0) is 12.2. The number of thioether (sulfide) groups is 1. The Balaban J connectivity index is 4.27. The van der Waals surface area contributed by atoms with Crippen molar-refractivity contribution in [3.05, 3.63) is 0 Å². The quantitative estimate of drug-likeness (QED) is 0.292. The van der Waals surface area contributed by atoms with Gasteiger partial charge in [-0.25, -0.2) is 0 Å². The summed E-state index contributed by atoms with van der Waals surface area (Å²) in [6, 6.07) is 0. The molecule has 0 rings (SSSR count). The van der Waals surface area contributed by atoms with Gasteiger partial charge in [0.15, 0.2) is 5.17 Å². The molecule has 5 nitrogen and oxygen atoms in total. The first kappa shape index (κ1) is 15.2. The molecule has 0 amide bonds. The molecular formula is C10H19N3O2S. The van der Waals surface area contributed by atoms with Gasteiger partial charge < -0.3 is 14.4 Å². The standard InChI is InChI=1S/C10H19N3O2S/c1-14-7-4-5-13(6-8-15-2)10(16-3)12-9-11/h4-8H2,1-3H3. The molecule has 16 heavy (non-hydrogen) atoms. The van der Waals surface area contributed by atoms with E-state index in [0.717, 1.165) is 24.7 Å². The Morgan fingerprint density at radius 3 is 2.50 bits per heavy atom. The van der Waals surface area contributed by atoms with E-state index >= 15 is 0 Å². The molecule has 0 aromatic carbocycles. The van der Waals surface area contributed by atoms with Crippen molar-refractivity contribution in [2.24, 2.45) is 4.99 Å². The van der Waals surface area contributed by atoms with Crippen LogP contribution in [0.25, 0.3) is 0 Å². The van der Waals surface area contributed by atoms with Crippen LogP contribution in [-0.4, -0.2) is 56.8 Å². The molecule has 92 valence electrons. The maximum absolute atomic E-state index is 8.58. The van der Waals surface area contributed by atoms with Gasteiger partial charge in [0.05, 0.1) is 6.61 Å². The lowest BCUT2D eigenvalue weighted by Gasteiger charge is -2.23. The van der Waals surface area contributed by atoms with Crippen molar-refractivity contribution in [3.63, 3.8) is 0 Å². The molecule has 0 saturated carbocycles. The molecule has 0 radical (unpaired) electrons. The van der Waals surface area contributed by atoms with Gasteiger partial charge in [-0.2, -0.15) is 5.26 Å². The van der Waals surface area contributed by atoms with E-state index in [-0.39, 0.29) is 0 Å². The minimum absolute atomic E-state index is 0.623. The van der Waals surface area contributed by atoms with Crippen molar-refractivity contribution in [2.45, 2.75) is 6.42 Å². The fourth-order valence-electron chi connectivity index (χ4n) is 1.19. The maximum atomic E-state index is 8.58. The summed E-state index contributed by atoms with van der Waals surface area (Å²) >= 11 is 1.47. The largest absolute Gasteiger partial charge is 0.385 e. The number of nitriles is 1. The first-order chi connectivity index (χ1) is 7.79. The van der Waals surface area contributed by atoms with Crippen LogP contribution in [0.15, 0.2) is 4.99 Å².